The molecule has 0 aliphatic heterocycles. The molecular weight excluding hydrogens is 446 g/mol. The van der Waals surface area contributed by atoms with Crippen LogP contribution in [0.5, 0.6) is 0 Å². The second-order valence-electron chi connectivity index (χ2n) is 8.60. The van der Waals surface area contributed by atoms with Crippen LogP contribution in [-0.2, 0) is 20.7 Å². The van der Waals surface area contributed by atoms with E-state index in [-0.39, 0.29) is 18.9 Å². The summed E-state index contributed by atoms with van der Waals surface area (Å²) in [4.78, 5) is 38.0. The Morgan fingerprint density at radius 3 is 1.91 bits per heavy atom. The van der Waals surface area contributed by atoms with Crippen molar-refractivity contribution >= 4 is 18.0 Å². The molecular formula is C28H27NO6. The quantitative estimate of drug-likeness (QED) is 0.463. The second-order valence-corrected chi connectivity index (χ2v) is 8.60. The van der Waals surface area contributed by atoms with Crippen molar-refractivity contribution in [3.05, 3.63) is 95.6 Å². The highest BCUT2D eigenvalue weighted by Gasteiger charge is 2.38. The molecule has 0 aromatic heterocycles. The van der Waals surface area contributed by atoms with Gasteiger partial charge in [0.05, 0.1) is 0 Å². The van der Waals surface area contributed by atoms with Gasteiger partial charge in [-0.25, -0.2) is 14.4 Å². The molecule has 0 radical (unpaired) electrons. The summed E-state index contributed by atoms with van der Waals surface area (Å²) >= 11 is 0. The Kier molecular flexibility index (Phi) is 7.15. The first-order valence-corrected chi connectivity index (χ1v) is 11.5. The fraction of sp³-hybridized carbons (Fsp3) is 0.250. The molecule has 0 fully saturated rings. The first-order valence-electron chi connectivity index (χ1n) is 11.5. The monoisotopic (exact) mass is 473 g/mol. The van der Waals surface area contributed by atoms with Crippen LogP contribution in [0.1, 0.15) is 36.0 Å². The Morgan fingerprint density at radius 1 is 0.829 bits per heavy atom. The predicted octanol–water partition coefficient (Wildman–Crippen LogP) is 4.80. The Morgan fingerprint density at radius 2 is 1.37 bits per heavy atom. The highest BCUT2D eigenvalue weighted by atomic mass is 16.6. The predicted molar refractivity (Wildman–Crippen MR) is 130 cm³/mol. The van der Waals surface area contributed by atoms with Gasteiger partial charge in [-0.05, 0) is 47.6 Å². The number of carboxylic acid groups (broad SMARTS) is 2. The van der Waals surface area contributed by atoms with Gasteiger partial charge < -0.3 is 14.9 Å². The van der Waals surface area contributed by atoms with E-state index in [2.05, 4.69) is 0 Å². The number of fused-ring (bicyclic) bond motifs is 3. The summed E-state index contributed by atoms with van der Waals surface area (Å²) in [7, 11) is 0. The van der Waals surface area contributed by atoms with Crippen molar-refractivity contribution in [2.24, 2.45) is 0 Å². The number of amides is 1. The van der Waals surface area contributed by atoms with E-state index in [0.29, 0.717) is 6.42 Å². The third-order valence-electron chi connectivity index (χ3n) is 6.49. The number of hydrogen-bond acceptors (Lipinski definition) is 4. The summed E-state index contributed by atoms with van der Waals surface area (Å²) < 4.78 is 5.62. The Hall–Kier alpha value is -4.13. The van der Waals surface area contributed by atoms with Gasteiger partial charge in [-0.15, -0.1) is 0 Å². The summed E-state index contributed by atoms with van der Waals surface area (Å²) in [6, 6.07) is 22.2. The molecule has 7 nitrogen and oxygen atoms in total. The van der Waals surface area contributed by atoms with Crippen molar-refractivity contribution in [2.45, 2.75) is 37.8 Å². The fourth-order valence-corrected chi connectivity index (χ4v) is 4.67. The van der Waals surface area contributed by atoms with E-state index in [1.165, 1.54) is 6.92 Å². The number of aliphatic carboxylic acids is 2. The zero-order chi connectivity index (χ0) is 24.9. The van der Waals surface area contributed by atoms with E-state index in [4.69, 9.17) is 4.74 Å². The van der Waals surface area contributed by atoms with E-state index in [0.717, 1.165) is 32.7 Å². The molecule has 0 bridgehead atoms. The van der Waals surface area contributed by atoms with E-state index in [9.17, 15) is 24.6 Å². The zero-order valence-corrected chi connectivity index (χ0v) is 19.3. The van der Waals surface area contributed by atoms with Gasteiger partial charge in [-0.3, -0.25) is 4.90 Å². The van der Waals surface area contributed by atoms with Crippen LogP contribution in [0.25, 0.3) is 11.1 Å². The molecule has 3 aromatic carbocycles. The minimum absolute atomic E-state index is 0.0271. The van der Waals surface area contributed by atoms with Crippen molar-refractivity contribution in [3.63, 3.8) is 0 Å². The van der Waals surface area contributed by atoms with Crippen LogP contribution in [0, 0.1) is 0 Å². The van der Waals surface area contributed by atoms with Gasteiger partial charge in [-0.1, -0.05) is 78.9 Å². The molecule has 2 N–H and O–H groups in total. The Labute approximate surface area is 203 Å². The first kappa shape index (κ1) is 24.0. The van der Waals surface area contributed by atoms with Gasteiger partial charge in [0, 0.05) is 5.92 Å². The summed E-state index contributed by atoms with van der Waals surface area (Å²) in [5.41, 5.74) is 5.04. The number of hydrogen-bond donors (Lipinski definition) is 2. The van der Waals surface area contributed by atoms with Crippen molar-refractivity contribution in [1.82, 2.24) is 4.90 Å². The number of rotatable bonds is 9. The maximum absolute atomic E-state index is 13.2. The molecule has 0 heterocycles. The number of ether oxygens (including phenoxy) is 1. The van der Waals surface area contributed by atoms with Gasteiger partial charge in [0.25, 0.3) is 0 Å². The average molecular weight is 474 g/mol. The maximum Gasteiger partial charge on any atom is 0.411 e. The molecule has 0 spiro atoms. The number of nitrogens with zero attached hydrogens (tertiary/aromatic N) is 1. The molecule has 2 atom stereocenters. The SMILES string of the molecule is CC(C(=O)O)N(C(=O)OCC1c2ccccc2-c2ccccc21)C(CCc1ccccc1)C(=O)O. The van der Waals surface area contributed by atoms with Gasteiger partial charge in [-0.2, -0.15) is 0 Å². The summed E-state index contributed by atoms with van der Waals surface area (Å²) in [5, 5.41) is 19.5. The maximum atomic E-state index is 13.2. The topological polar surface area (TPSA) is 104 Å². The number of benzene rings is 3. The average Bonchev–Trinajstić information content (AvgIpc) is 3.18. The normalized spacial score (nSPS) is 13.9. The molecule has 180 valence electrons. The lowest BCUT2D eigenvalue weighted by Crippen LogP contribution is -2.53. The number of carboxylic acids is 2. The van der Waals surface area contributed by atoms with E-state index in [1.54, 1.807) is 0 Å². The molecule has 1 aliphatic carbocycles. The second kappa shape index (κ2) is 10.4. The third-order valence-corrected chi connectivity index (χ3v) is 6.49. The largest absolute Gasteiger partial charge is 0.480 e. The van der Waals surface area contributed by atoms with Crippen LogP contribution in [0.3, 0.4) is 0 Å². The van der Waals surface area contributed by atoms with Gasteiger partial charge in [0.15, 0.2) is 0 Å². The van der Waals surface area contributed by atoms with Gasteiger partial charge in [0.1, 0.15) is 18.7 Å². The molecule has 0 saturated carbocycles. The van der Waals surface area contributed by atoms with Gasteiger partial charge in [0.2, 0.25) is 0 Å². The van der Waals surface area contributed by atoms with Crippen molar-refractivity contribution < 1.29 is 29.3 Å². The van der Waals surface area contributed by atoms with Crippen molar-refractivity contribution in [2.75, 3.05) is 6.61 Å². The molecule has 7 heteroatoms. The third kappa shape index (κ3) is 5.04. The number of aryl methyl sites for hydroxylation is 1. The molecule has 35 heavy (non-hydrogen) atoms. The number of carbonyl (C=O) groups is 3. The summed E-state index contributed by atoms with van der Waals surface area (Å²) in [5.74, 6) is -2.80. The molecule has 1 aliphatic rings. The molecule has 2 unspecified atom stereocenters. The van der Waals surface area contributed by atoms with Crippen LogP contribution in [0.15, 0.2) is 78.9 Å². The van der Waals surface area contributed by atoms with Crippen LogP contribution >= 0.6 is 0 Å². The van der Waals surface area contributed by atoms with Crippen molar-refractivity contribution in [1.29, 1.82) is 0 Å². The summed E-state index contributed by atoms with van der Waals surface area (Å²) in [6.45, 7) is 1.27. The van der Waals surface area contributed by atoms with E-state index >= 15 is 0 Å². The lowest BCUT2D eigenvalue weighted by molar-refractivity contribution is -0.149. The molecule has 4 rings (SSSR count). The lowest BCUT2D eigenvalue weighted by Gasteiger charge is -2.31. The fourth-order valence-electron chi connectivity index (χ4n) is 4.67. The van der Waals surface area contributed by atoms with Crippen molar-refractivity contribution in [3.8, 4) is 11.1 Å². The van der Waals surface area contributed by atoms with Crippen LogP contribution in [0.4, 0.5) is 4.79 Å². The zero-order valence-electron chi connectivity index (χ0n) is 19.3. The highest BCUT2D eigenvalue weighted by Crippen LogP contribution is 2.44. The molecule has 0 saturated heterocycles. The minimum atomic E-state index is -1.37. The van der Waals surface area contributed by atoms with E-state index in [1.807, 2.05) is 78.9 Å². The van der Waals surface area contributed by atoms with E-state index < -0.39 is 30.1 Å². The van der Waals surface area contributed by atoms with Gasteiger partial charge >= 0.3 is 18.0 Å². The minimum Gasteiger partial charge on any atom is -0.480 e. The van der Waals surface area contributed by atoms with Crippen LogP contribution in [0.2, 0.25) is 0 Å². The standard InChI is InChI=1S/C28H27NO6/c1-18(26(30)31)29(25(27(32)33)16-15-19-9-3-2-4-10-19)28(34)35-17-24-22-13-7-5-11-20(22)21-12-6-8-14-23(21)24/h2-14,18,24-25H,15-17H2,1H3,(H,30,31)(H,32,33). The summed E-state index contributed by atoms with van der Waals surface area (Å²) in [6.07, 6.45) is -0.527. The first-order chi connectivity index (χ1) is 16.9. The smallest absolute Gasteiger partial charge is 0.411 e. The van der Waals surface area contributed by atoms with Crippen LogP contribution < -0.4 is 0 Å². The molecule has 1 amide bonds. The number of carbonyl (C=O) groups excluding carboxylic acids is 1. The molecule has 3 aromatic rings. The van der Waals surface area contributed by atoms with Crippen LogP contribution in [-0.4, -0.2) is 51.8 Å². The Balaban J connectivity index is 1.55. The Bertz CT molecular complexity index is 1180. The lowest BCUT2D eigenvalue weighted by atomic mass is 9.98. The highest BCUT2D eigenvalue weighted by molar-refractivity contribution is 5.85.